The first kappa shape index (κ1) is 79.3. The Morgan fingerprint density at radius 2 is 0.470 bits per heavy atom. The second-order valence-electron chi connectivity index (χ2n) is 23.8. The maximum atomic E-state index is 12.9. The van der Waals surface area contributed by atoms with Crippen molar-refractivity contribution in [2.24, 2.45) is 0 Å². The zero-order valence-electron chi connectivity index (χ0n) is 54.9. The Balaban J connectivity index is 4.25. The van der Waals surface area contributed by atoms with Gasteiger partial charge in [0.1, 0.15) is 13.2 Å². The summed E-state index contributed by atoms with van der Waals surface area (Å²) in [7, 11) is 0. The molecule has 0 saturated heterocycles. The van der Waals surface area contributed by atoms with Crippen LogP contribution in [0.4, 0.5) is 0 Å². The van der Waals surface area contributed by atoms with E-state index >= 15 is 0 Å². The number of carbonyl (C=O) groups excluding carboxylic acids is 3. The Hall–Kier alpha value is -3.67. The van der Waals surface area contributed by atoms with Crippen molar-refractivity contribution in [1.82, 2.24) is 0 Å². The van der Waals surface area contributed by atoms with Crippen molar-refractivity contribution in [3.8, 4) is 0 Å². The molecule has 0 aliphatic rings. The summed E-state index contributed by atoms with van der Waals surface area (Å²) in [5, 5.41) is 0. The summed E-state index contributed by atoms with van der Waals surface area (Å²) in [4.78, 5) is 38.4. The topological polar surface area (TPSA) is 78.9 Å². The summed E-state index contributed by atoms with van der Waals surface area (Å²) < 4.78 is 17.0. The van der Waals surface area contributed by atoms with E-state index in [2.05, 4.69) is 118 Å². The number of hydrogen-bond donors (Lipinski definition) is 0. The Kier molecular flexibility index (Phi) is 67.7. The largest absolute Gasteiger partial charge is 0.462 e. The van der Waals surface area contributed by atoms with Gasteiger partial charge >= 0.3 is 17.9 Å². The molecule has 0 fully saturated rings. The molecular weight excluding hydrogens is 1020 g/mol. The Morgan fingerprint density at radius 3 is 0.747 bits per heavy atom. The fourth-order valence-corrected chi connectivity index (χ4v) is 10.2. The molecule has 6 nitrogen and oxygen atoms in total. The summed E-state index contributed by atoms with van der Waals surface area (Å²) in [5.41, 5.74) is 0. The molecule has 6 heteroatoms. The first-order valence-corrected chi connectivity index (χ1v) is 35.7. The number of esters is 3. The number of hydrogen-bond acceptors (Lipinski definition) is 6. The van der Waals surface area contributed by atoms with E-state index in [1.165, 1.54) is 212 Å². The van der Waals surface area contributed by atoms with Crippen LogP contribution in [-0.2, 0) is 28.6 Å². The van der Waals surface area contributed by atoms with E-state index in [0.717, 1.165) is 103 Å². The van der Waals surface area contributed by atoms with Gasteiger partial charge in [-0.15, -0.1) is 0 Å². The number of rotatable bonds is 65. The number of carbonyl (C=O) groups is 3. The van der Waals surface area contributed by atoms with Gasteiger partial charge in [0, 0.05) is 19.3 Å². The van der Waals surface area contributed by atoms with Gasteiger partial charge in [-0.1, -0.05) is 330 Å². The van der Waals surface area contributed by atoms with Crippen molar-refractivity contribution < 1.29 is 28.6 Å². The zero-order valence-corrected chi connectivity index (χ0v) is 54.9. The van der Waals surface area contributed by atoms with Gasteiger partial charge in [0.05, 0.1) is 0 Å². The highest BCUT2D eigenvalue weighted by Crippen LogP contribution is 2.17. The summed E-state index contributed by atoms with van der Waals surface area (Å²) in [6.07, 6.45) is 95.7. The van der Waals surface area contributed by atoms with Crippen molar-refractivity contribution in [2.75, 3.05) is 13.2 Å². The van der Waals surface area contributed by atoms with Gasteiger partial charge in [0.25, 0.3) is 0 Å². The van der Waals surface area contributed by atoms with Crippen molar-refractivity contribution in [1.29, 1.82) is 0 Å². The minimum absolute atomic E-state index is 0.0750. The molecule has 1 unspecified atom stereocenters. The van der Waals surface area contributed by atoms with Gasteiger partial charge in [0.15, 0.2) is 6.10 Å². The lowest BCUT2D eigenvalue weighted by molar-refractivity contribution is -0.167. The summed E-state index contributed by atoms with van der Waals surface area (Å²) >= 11 is 0. The molecule has 0 rings (SSSR count). The molecule has 83 heavy (non-hydrogen) atoms. The van der Waals surface area contributed by atoms with E-state index in [4.69, 9.17) is 14.2 Å². The molecule has 0 aromatic rings. The second-order valence-corrected chi connectivity index (χ2v) is 23.8. The lowest BCUT2D eigenvalue weighted by Crippen LogP contribution is -2.30. The highest BCUT2D eigenvalue weighted by atomic mass is 16.6. The van der Waals surface area contributed by atoms with Crippen LogP contribution in [0.5, 0.6) is 0 Å². The van der Waals surface area contributed by atoms with Crippen LogP contribution in [0.1, 0.15) is 355 Å². The number of allylic oxidation sites excluding steroid dienone is 16. The molecule has 0 aromatic heterocycles. The van der Waals surface area contributed by atoms with Crippen LogP contribution >= 0.6 is 0 Å². The average molecular weight is 1160 g/mol. The molecule has 0 N–H and O–H groups in total. The van der Waals surface area contributed by atoms with Crippen LogP contribution in [-0.4, -0.2) is 37.2 Å². The molecule has 0 amide bonds. The third-order valence-electron chi connectivity index (χ3n) is 15.6. The van der Waals surface area contributed by atoms with Gasteiger partial charge in [-0.2, -0.15) is 0 Å². The fraction of sp³-hybridized carbons (Fsp3) is 0.753. The van der Waals surface area contributed by atoms with Crippen LogP contribution in [0.2, 0.25) is 0 Å². The van der Waals surface area contributed by atoms with Crippen LogP contribution in [0.15, 0.2) is 97.2 Å². The lowest BCUT2D eigenvalue weighted by Gasteiger charge is -2.18. The summed E-state index contributed by atoms with van der Waals surface area (Å²) in [5.74, 6) is -0.864. The van der Waals surface area contributed by atoms with Gasteiger partial charge in [-0.25, -0.2) is 0 Å². The van der Waals surface area contributed by atoms with Crippen molar-refractivity contribution in [3.63, 3.8) is 0 Å². The molecule has 0 spiro atoms. The third kappa shape index (κ3) is 69.0. The number of ether oxygens (including phenoxy) is 3. The SMILES string of the molecule is CC/C=C\C/C=C\C/C=C\C/C=C\C/C=C\C/C=C\C/C=C\CCCCCCCCCCCCCC(=O)OCC(COC(=O)CCCCCCCCCCCCCCCC)OC(=O)CCCCCCCCC/C=C\CCCCCCCCC. The van der Waals surface area contributed by atoms with Crippen molar-refractivity contribution in [2.45, 2.75) is 361 Å². The minimum Gasteiger partial charge on any atom is -0.462 e. The Morgan fingerprint density at radius 1 is 0.253 bits per heavy atom. The highest BCUT2D eigenvalue weighted by molar-refractivity contribution is 5.71. The van der Waals surface area contributed by atoms with Crippen molar-refractivity contribution in [3.05, 3.63) is 97.2 Å². The lowest BCUT2D eigenvalue weighted by atomic mass is 10.0. The van der Waals surface area contributed by atoms with Crippen LogP contribution < -0.4 is 0 Å². The van der Waals surface area contributed by atoms with E-state index in [9.17, 15) is 14.4 Å². The van der Waals surface area contributed by atoms with Crippen LogP contribution in [0.25, 0.3) is 0 Å². The predicted molar refractivity (Wildman–Crippen MR) is 362 cm³/mol. The highest BCUT2D eigenvalue weighted by Gasteiger charge is 2.19. The van der Waals surface area contributed by atoms with E-state index < -0.39 is 6.10 Å². The number of unbranched alkanes of at least 4 members (excludes halogenated alkanes) is 38. The summed E-state index contributed by atoms with van der Waals surface area (Å²) in [6.45, 7) is 6.56. The standard InChI is InChI=1S/C77H134O6/c1-4-7-10-13-16-19-22-25-28-30-32-33-34-35-36-37-38-39-40-41-42-43-44-45-46-48-49-52-55-58-61-64-67-70-76(79)82-73-74(72-81-75(78)69-66-63-60-57-54-51-27-24-21-18-15-12-9-6-3)83-77(80)71-68-65-62-59-56-53-50-47-31-29-26-23-20-17-14-11-8-5-2/h7,10,16,19,25,28-29,31-33,35-36,38-39,41-42,74H,4-6,8-9,11-15,17-18,20-24,26-27,30,34,37,40,43-73H2,1-3H3/b10-7-,19-16-,28-25-,31-29-,33-32-,36-35-,39-38-,42-41-. The molecule has 0 heterocycles. The van der Waals surface area contributed by atoms with E-state index in [0.29, 0.717) is 19.3 Å². The first-order valence-electron chi connectivity index (χ1n) is 35.7. The van der Waals surface area contributed by atoms with Gasteiger partial charge in [0.2, 0.25) is 0 Å². The van der Waals surface area contributed by atoms with E-state index in [1.807, 2.05) is 0 Å². The maximum Gasteiger partial charge on any atom is 0.306 e. The van der Waals surface area contributed by atoms with Crippen LogP contribution in [0, 0.1) is 0 Å². The zero-order chi connectivity index (χ0) is 59.9. The molecule has 0 aliphatic heterocycles. The second kappa shape index (κ2) is 70.8. The smallest absolute Gasteiger partial charge is 0.306 e. The van der Waals surface area contributed by atoms with Gasteiger partial charge in [-0.05, 0) is 103 Å². The Bertz CT molecular complexity index is 1610. The van der Waals surface area contributed by atoms with Crippen molar-refractivity contribution >= 4 is 17.9 Å². The van der Waals surface area contributed by atoms with Crippen LogP contribution in [0.3, 0.4) is 0 Å². The molecule has 0 aromatic carbocycles. The van der Waals surface area contributed by atoms with E-state index in [-0.39, 0.29) is 31.1 Å². The van der Waals surface area contributed by atoms with Gasteiger partial charge in [-0.3, -0.25) is 14.4 Å². The molecule has 478 valence electrons. The molecular formula is C77H134O6. The quantitative estimate of drug-likeness (QED) is 0.0261. The third-order valence-corrected chi connectivity index (χ3v) is 15.6. The first-order chi connectivity index (χ1) is 41.0. The predicted octanol–water partition coefficient (Wildman–Crippen LogP) is 24.8. The molecule has 0 radical (unpaired) electrons. The Labute approximate surface area is 515 Å². The fourth-order valence-electron chi connectivity index (χ4n) is 10.2. The maximum absolute atomic E-state index is 12.9. The summed E-state index contributed by atoms with van der Waals surface area (Å²) in [6, 6.07) is 0. The molecule has 0 bridgehead atoms. The molecule has 0 aliphatic carbocycles. The normalized spacial score (nSPS) is 12.7. The minimum atomic E-state index is -0.780. The average Bonchev–Trinajstić information content (AvgIpc) is 3.49. The molecule has 1 atom stereocenters. The van der Waals surface area contributed by atoms with Gasteiger partial charge < -0.3 is 14.2 Å². The molecule has 0 saturated carbocycles. The van der Waals surface area contributed by atoms with E-state index in [1.54, 1.807) is 0 Å². The monoisotopic (exact) mass is 1160 g/mol.